The van der Waals surface area contributed by atoms with E-state index in [1.807, 2.05) is 45.0 Å². The fraction of sp³-hybridized carbons (Fsp3) is 0.240. The zero-order chi connectivity index (χ0) is 23.0. The molecule has 0 N–H and O–H groups in total. The maximum Gasteiger partial charge on any atom is 0.264 e. The molecule has 0 aromatic heterocycles. The number of carbonyl (C=O) groups excluding carboxylic acids is 1. The van der Waals surface area contributed by atoms with Crippen molar-refractivity contribution < 1.29 is 13.2 Å². The van der Waals surface area contributed by atoms with E-state index in [0.717, 1.165) is 33.1 Å². The number of hydrogen-bond acceptors (Lipinski definition) is 3. The quantitative estimate of drug-likeness (QED) is 0.521. The van der Waals surface area contributed by atoms with Crippen molar-refractivity contribution in [3.63, 3.8) is 0 Å². The number of sulfonamides is 1. The van der Waals surface area contributed by atoms with Crippen LogP contribution in [0.25, 0.3) is 0 Å². The van der Waals surface area contributed by atoms with Crippen molar-refractivity contribution >= 4 is 38.9 Å². The number of amides is 1. The van der Waals surface area contributed by atoms with Crippen molar-refractivity contribution in [2.24, 2.45) is 0 Å². The smallest absolute Gasteiger partial charge is 0.264 e. The van der Waals surface area contributed by atoms with Crippen LogP contribution >= 0.6 is 11.6 Å². The summed E-state index contributed by atoms with van der Waals surface area (Å²) >= 11 is 6.31. The predicted molar refractivity (Wildman–Crippen MR) is 129 cm³/mol. The summed E-state index contributed by atoms with van der Waals surface area (Å²) in [5.74, 6) is -0.283. The van der Waals surface area contributed by atoms with Crippen LogP contribution < -0.4 is 9.21 Å². The number of benzene rings is 3. The van der Waals surface area contributed by atoms with Crippen LogP contribution in [-0.4, -0.2) is 26.9 Å². The van der Waals surface area contributed by atoms with Crippen LogP contribution in [0.4, 0.5) is 11.4 Å². The van der Waals surface area contributed by atoms with Crippen LogP contribution in [0.15, 0.2) is 71.6 Å². The number of nitrogens with zero attached hydrogens (tertiary/aromatic N) is 2. The molecule has 0 aliphatic carbocycles. The first-order valence-corrected chi connectivity index (χ1v) is 12.3. The van der Waals surface area contributed by atoms with Crippen LogP contribution in [-0.2, 0) is 21.2 Å². The summed E-state index contributed by atoms with van der Waals surface area (Å²) in [6, 6.07) is 19.3. The summed E-state index contributed by atoms with van der Waals surface area (Å²) in [5.41, 5.74) is 4.05. The first kappa shape index (κ1) is 22.4. The lowest BCUT2D eigenvalue weighted by Crippen LogP contribution is -2.45. The minimum atomic E-state index is -3.99. The third kappa shape index (κ3) is 4.12. The second-order valence-electron chi connectivity index (χ2n) is 8.20. The van der Waals surface area contributed by atoms with Crippen molar-refractivity contribution in [3.05, 3.63) is 88.4 Å². The molecule has 3 aromatic rings. The first-order chi connectivity index (χ1) is 15.2. The number of hydrogen-bond donors (Lipinski definition) is 0. The van der Waals surface area contributed by atoms with Crippen LogP contribution in [0, 0.1) is 13.8 Å². The Bertz CT molecular complexity index is 1270. The molecule has 166 valence electrons. The Morgan fingerprint density at radius 2 is 1.75 bits per heavy atom. The standard InChI is InChI=1S/C25H25ClN2O3S/c1-17-8-12-22(13-9-17)32(30,31)27(21-11-10-18(2)23(26)15-21)16-25(29)28-19(3)14-20-6-4-5-7-24(20)28/h4-13,15,19H,14,16H2,1-3H3/t19-/m0/s1. The first-order valence-electron chi connectivity index (χ1n) is 10.4. The van der Waals surface area contributed by atoms with Gasteiger partial charge in [-0.15, -0.1) is 0 Å². The Hall–Kier alpha value is -2.83. The molecule has 0 spiro atoms. The SMILES string of the molecule is Cc1ccc(S(=O)(=O)N(CC(=O)N2c3ccccc3C[C@@H]2C)c2ccc(C)c(Cl)c2)cc1. The van der Waals surface area contributed by atoms with Gasteiger partial charge in [0.15, 0.2) is 0 Å². The number of rotatable bonds is 5. The van der Waals surface area contributed by atoms with Gasteiger partial charge in [-0.3, -0.25) is 9.10 Å². The third-order valence-corrected chi connectivity index (χ3v) is 8.00. The molecule has 0 saturated carbocycles. The Morgan fingerprint density at radius 1 is 1.06 bits per heavy atom. The fourth-order valence-corrected chi connectivity index (χ4v) is 5.61. The highest BCUT2D eigenvalue weighted by Gasteiger charge is 2.34. The lowest BCUT2D eigenvalue weighted by Gasteiger charge is -2.29. The summed E-state index contributed by atoms with van der Waals surface area (Å²) in [5, 5.41) is 0.443. The van der Waals surface area contributed by atoms with Crippen molar-refractivity contribution in [1.82, 2.24) is 0 Å². The van der Waals surface area contributed by atoms with Gasteiger partial charge < -0.3 is 4.90 Å². The summed E-state index contributed by atoms with van der Waals surface area (Å²) in [4.78, 5) is 15.3. The highest BCUT2D eigenvalue weighted by Crippen LogP contribution is 2.33. The van der Waals surface area contributed by atoms with Crippen molar-refractivity contribution in [3.8, 4) is 0 Å². The lowest BCUT2D eigenvalue weighted by molar-refractivity contribution is -0.117. The highest BCUT2D eigenvalue weighted by molar-refractivity contribution is 7.92. The van der Waals surface area contributed by atoms with E-state index in [-0.39, 0.29) is 23.4 Å². The Kier molecular flexibility index (Phi) is 6.01. The Labute approximate surface area is 194 Å². The summed E-state index contributed by atoms with van der Waals surface area (Å²) < 4.78 is 28.4. The fourth-order valence-electron chi connectivity index (χ4n) is 4.03. The molecule has 1 aliphatic heterocycles. The number of halogens is 1. The van der Waals surface area contributed by atoms with Crippen molar-refractivity contribution in [2.75, 3.05) is 15.7 Å². The minimum absolute atomic E-state index is 0.0505. The third-order valence-electron chi connectivity index (χ3n) is 5.81. The molecule has 3 aromatic carbocycles. The van der Waals surface area contributed by atoms with Gasteiger partial charge in [0, 0.05) is 16.8 Å². The van der Waals surface area contributed by atoms with Gasteiger partial charge in [0.25, 0.3) is 10.0 Å². The van der Waals surface area contributed by atoms with Gasteiger partial charge in [0.1, 0.15) is 6.54 Å². The molecule has 1 amide bonds. The number of carbonyl (C=O) groups is 1. The second-order valence-corrected chi connectivity index (χ2v) is 10.5. The molecular weight excluding hydrogens is 444 g/mol. The van der Waals surface area contributed by atoms with E-state index in [1.165, 1.54) is 0 Å². The zero-order valence-electron chi connectivity index (χ0n) is 18.2. The molecule has 5 nitrogen and oxygen atoms in total. The topological polar surface area (TPSA) is 57.7 Å². The molecule has 0 bridgehead atoms. The normalized spacial score (nSPS) is 15.5. The molecule has 1 atom stereocenters. The molecule has 4 rings (SSSR count). The van der Waals surface area contributed by atoms with Crippen LogP contribution in [0.1, 0.15) is 23.6 Å². The average molecular weight is 469 g/mol. The van der Waals surface area contributed by atoms with Crippen molar-refractivity contribution in [2.45, 2.75) is 38.1 Å². The summed E-state index contributed by atoms with van der Waals surface area (Å²) in [7, 11) is -3.99. The van der Waals surface area contributed by atoms with E-state index in [1.54, 1.807) is 47.4 Å². The zero-order valence-corrected chi connectivity index (χ0v) is 19.8. The van der Waals surface area contributed by atoms with E-state index < -0.39 is 10.0 Å². The number of fused-ring (bicyclic) bond motifs is 1. The molecule has 1 heterocycles. The lowest BCUT2D eigenvalue weighted by atomic mass is 10.1. The second kappa shape index (κ2) is 8.60. The summed E-state index contributed by atoms with van der Waals surface area (Å²) in [6.45, 7) is 5.39. The van der Waals surface area contributed by atoms with E-state index in [0.29, 0.717) is 10.7 Å². The van der Waals surface area contributed by atoms with Gasteiger partial charge in [-0.2, -0.15) is 0 Å². The van der Waals surface area contributed by atoms with Crippen molar-refractivity contribution in [1.29, 1.82) is 0 Å². The number of aryl methyl sites for hydroxylation is 2. The van der Waals surface area contributed by atoms with Crippen LogP contribution in [0.5, 0.6) is 0 Å². The molecular formula is C25H25ClN2O3S. The molecule has 0 radical (unpaired) electrons. The Balaban J connectivity index is 1.75. The Morgan fingerprint density at radius 3 is 2.44 bits per heavy atom. The maximum absolute atomic E-state index is 13.6. The van der Waals surface area contributed by atoms with E-state index in [4.69, 9.17) is 11.6 Å². The van der Waals surface area contributed by atoms with Gasteiger partial charge in [0.2, 0.25) is 5.91 Å². The monoisotopic (exact) mass is 468 g/mol. The van der Waals surface area contributed by atoms with Gasteiger partial charge in [0.05, 0.1) is 10.6 Å². The maximum atomic E-state index is 13.6. The molecule has 0 fully saturated rings. The van der Waals surface area contributed by atoms with Gasteiger partial charge in [-0.25, -0.2) is 8.42 Å². The highest BCUT2D eigenvalue weighted by atomic mass is 35.5. The predicted octanol–water partition coefficient (Wildman–Crippen LogP) is 5.13. The van der Waals surface area contributed by atoms with Gasteiger partial charge in [-0.1, -0.05) is 53.6 Å². The minimum Gasteiger partial charge on any atom is -0.307 e. The molecule has 1 aliphatic rings. The average Bonchev–Trinajstić information content (AvgIpc) is 3.10. The van der Waals surface area contributed by atoms with E-state index in [2.05, 4.69) is 0 Å². The van der Waals surface area contributed by atoms with E-state index in [9.17, 15) is 13.2 Å². The van der Waals surface area contributed by atoms with Gasteiger partial charge >= 0.3 is 0 Å². The largest absolute Gasteiger partial charge is 0.307 e. The molecule has 7 heteroatoms. The number of para-hydroxylation sites is 1. The van der Waals surface area contributed by atoms with Gasteiger partial charge in [-0.05, 0) is 68.7 Å². The molecule has 32 heavy (non-hydrogen) atoms. The van der Waals surface area contributed by atoms with Crippen LogP contribution in [0.2, 0.25) is 5.02 Å². The summed E-state index contributed by atoms with van der Waals surface area (Å²) in [6.07, 6.45) is 0.739. The van der Waals surface area contributed by atoms with E-state index >= 15 is 0 Å². The number of anilines is 2. The van der Waals surface area contributed by atoms with Crippen LogP contribution in [0.3, 0.4) is 0 Å². The molecule has 0 saturated heterocycles. The molecule has 0 unspecified atom stereocenters.